The molecule has 1 fully saturated rings. The summed E-state index contributed by atoms with van der Waals surface area (Å²) < 4.78 is 35.4. The summed E-state index contributed by atoms with van der Waals surface area (Å²) in [5.41, 5.74) is 1.94. The second-order valence-corrected chi connectivity index (χ2v) is 7.59. The van der Waals surface area contributed by atoms with Crippen molar-refractivity contribution in [1.29, 1.82) is 0 Å². The van der Waals surface area contributed by atoms with E-state index < -0.39 is 5.82 Å². The maximum Gasteiger partial charge on any atom is 0.183 e. The molecule has 1 saturated heterocycles. The SMILES string of the molecule is OC[C@@H]1CCCN1c1nc(-c2cc(-c3ccon3)n(Cc3ccccc3F)n2)ncc1F. The minimum Gasteiger partial charge on any atom is -0.394 e. The number of aliphatic hydroxyl groups excluding tert-OH is 1. The van der Waals surface area contributed by atoms with Gasteiger partial charge in [0, 0.05) is 18.2 Å². The Bertz CT molecular complexity index is 1230. The van der Waals surface area contributed by atoms with Crippen LogP contribution in [0.2, 0.25) is 0 Å². The Kier molecular flexibility index (Phi) is 5.36. The van der Waals surface area contributed by atoms with Crippen LogP contribution in [0.25, 0.3) is 22.9 Å². The first-order chi connectivity index (χ1) is 15.6. The molecule has 1 N–H and O–H groups in total. The fourth-order valence-electron chi connectivity index (χ4n) is 3.97. The van der Waals surface area contributed by atoms with Gasteiger partial charge >= 0.3 is 0 Å². The van der Waals surface area contributed by atoms with Crippen molar-refractivity contribution in [2.75, 3.05) is 18.1 Å². The number of aliphatic hydroxyl groups is 1. The predicted molar refractivity (Wildman–Crippen MR) is 112 cm³/mol. The van der Waals surface area contributed by atoms with Crippen molar-refractivity contribution in [3.8, 4) is 22.9 Å². The molecule has 164 valence electrons. The fraction of sp³-hybridized carbons (Fsp3) is 0.273. The van der Waals surface area contributed by atoms with E-state index in [1.165, 1.54) is 12.3 Å². The van der Waals surface area contributed by atoms with Crippen LogP contribution in [-0.2, 0) is 6.54 Å². The summed E-state index contributed by atoms with van der Waals surface area (Å²) in [7, 11) is 0. The second-order valence-electron chi connectivity index (χ2n) is 7.59. The van der Waals surface area contributed by atoms with Crippen LogP contribution in [0.15, 0.2) is 53.4 Å². The van der Waals surface area contributed by atoms with Crippen LogP contribution in [0.3, 0.4) is 0 Å². The molecule has 1 aliphatic heterocycles. The van der Waals surface area contributed by atoms with E-state index in [0.29, 0.717) is 29.2 Å². The Morgan fingerprint density at radius 1 is 1.12 bits per heavy atom. The molecule has 0 radical (unpaired) electrons. The average Bonchev–Trinajstić information content (AvgIpc) is 3.56. The molecule has 0 aliphatic carbocycles. The first-order valence-electron chi connectivity index (χ1n) is 10.3. The van der Waals surface area contributed by atoms with Gasteiger partial charge in [0.05, 0.1) is 31.1 Å². The van der Waals surface area contributed by atoms with E-state index in [-0.39, 0.29) is 36.7 Å². The Morgan fingerprint density at radius 3 is 2.78 bits per heavy atom. The summed E-state index contributed by atoms with van der Waals surface area (Å²) in [6.45, 7) is 0.679. The molecule has 0 amide bonds. The summed E-state index contributed by atoms with van der Waals surface area (Å²) in [6, 6.07) is 9.64. The Morgan fingerprint density at radius 2 is 2.00 bits per heavy atom. The maximum absolute atomic E-state index is 14.5. The molecular weight excluding hydrogens is 418 g/mol. The van der Waals surface area contributed by atoms with Gasteiger partial charge in [-0.3, -0.25) is 4.68 Å². The molecule has 10 heteroatoms. The van der Waals surface area contributed by atoms with Crippen LogP contribution in [0.4, 0.5) is 14.6 Å². The smallest absolute Gasteiger partial charge is 0.183 e. The topological polar surface area (TPSA) is 93.1 Å². The molecule has 1 aromatic carbocycles. The van der Waals surface area contributed by atoms with Gasteiger partial charge in [0.25, 0.3) is 0 Å². The fourth-order valence-corrected chi connectivity index (χ4v) is 3.97. The number of hydrogen-bond acceptors (Lipinski definition) is 7. The molecule has 0 bridgehead atoms. The molecule has 4 aromatic rings. The largest absolute Gasteiger partial charge is 0.394 e. The number of halogens is 2. The van der Waals surface area contributed by atoms with Gasteiger partial charge in [-0.1, -0.05) is 23.4 Å². The summed E-state index contributed by atoms with van der Waals surface area (Å²) >= 11 is 0. The molecule has 32 heavy (non-hydrogen) atoms. The highest BCUT2D eigenvalue weighted by atomic mass is 19.1. The lowest BCUT2D eigenvalue weighted by Crippen LogP contribution is -2.33. The van der Waals surface area contributed by atoms with E-state index in [4.69, 9.17) is 4.52 Å². The number of anilines is 1. The number of rotatable bonds is 6. The Balaban J connectivity index is 1.56. The number of benzene rings is 1. The van der Waals surface area contributed by atoms with Crippen molar-refractivity contribution in [1.82, 2.24) is 24.9 Å². The van der Waals surface area contributed by atoms with Gasteiger partial charge in [-0.15, -0.1) is 0 Å². The monoisotopic (exact) mass is 438 g/mol. The number of aromatic nitrogens is 5. The van der Waals surface area contributed by atoms with E-state index in [1.807, 2.05) is 0 Å². The third kappa shape index (κ3) is 3.73. The predicted octanol–water partition coefficient (Wildman–Crippen LogP) is 3.28. The van der Waals surface area contributed by atoms with Crippen molar-refractivity contribution < 1.29 is 18.4 Å². The summed E-state index contributed by atoms with van der Waals surface area (Å²) in [5, 5.41) is 18.1. The first kappa shape index (κ1) is 20.3. The van der Waals surface area contributed by atoms with Gasteiger partial charge in [-0.25, -0.2) is 18.7 Å². The van der Waals surface area contributed by atoms with E-state index in [0.717, 1.165) is 19.0 Å². The molecule has 1 aliphatic rings. The molecule has 3 aromatic heterocycles. The Labute approximate surface area is 182 Å². The second kappa shape index (κ2) is 8.46. The summed E-state index contributed by atoms with van der Waals surface area (Å²) in [6.07, 6.45) is 4.15. The van der Waals surface area contributed by atoms with Gasteiger partial charge in [-0.2, -0.15) is 5.10 Å². The third-order valence-corrected chi connectivity index (χ3v) is 5.57. The molecule has 0 saturated carbocycles. The Hall–Kier alpha value is -3.66. The molecule has 8 nitrogen and oxygen atoms in total. The van der Waals surface area contributed by atoms with Gasteiger partial charge in [-0.05, 0) is 25.0 Å². The minimum absolute atomic E-state index is 0.0770. The van der Waals surface area contributed by atoms with Crippen molar-refractivity contribution in [2.45, 2.75) is 25.4 Å². The van der Waals surface area contributed by atoms with E-state index in [2.05, 4.69) is 20.2 Å². The van der Waals surface area contributed by atoms with Gasteiger partial charge in [0.2, 0.25) is 0 Å². The van der Waals surface area contributed by atoms with Crippen LogP contribution in [0.1, 0.15) is 18.4 Å². The summed E-state index contributed by atoms with van der Waals surface area (Å²) in [5.74, 6) is -0.545. The van der Waals surface area contributed by atoms with Crippen molar-refractivity contribution in [3.05, 3.63) is 66.1 Å². The van der Waals surface area contributed by atoms with Crippen LogP contribution in [-0.4, -0.2) is 49.2 Å². The van der Waals surface area contributed by atoms with Crippen LogP contribution < -0.4 is 4.90 Å². The molecule has 0 unspecified atom stereocenters. The zero-order valence-corrected chi connectivity index (χ0v) is 17.0. The van der Waals surface area contributed by atoms with E-state index in [9.17, 15) is 13.9 Å². The van der Waals surface area contributed by atoms with Crippen LogP contribution in [0.5, 0.6) is 0 Å². The molecule has 4 heterocycles. The lowest BCUT2D eigenvalue weighted by molar-refractivity contribution is 0.265. The van der Waals surface area contributed by atoms with Gasteiger partial charge in [0.15, 0.2) is 17.5 Å². The van der Waals surface area contributed by atoms with Crippen molar-refractivity contribution >= 4 is 5.82 Å². The molecule has 0 spiro atoms. The quantitative estimate of drug-likeness (QED) is 0.494. The number of nitrogens with zero attached hydrogens (tertiary/aromatic N) is 6. The average molecular weight is 438 g/mol. The highest BCUT2D eigenvalue weighted by Gasteiger charge is 2.28. The number of hydrogen-bond donors (Lipinski definition) is 1. The van der Waals surface area contributed by atoms with Gasteiger partial charge < -0.3 is 14.5 Å². The van der Waals surface area contributed by atoms with Crippen molar-refractivity contribution in [3.63, 3.8) is 0 Å². The molecular formula is C22H20F2N6O2. The lowest BCUT2D eigenvalue weighted by atomic mass is 10.2. The zero-order chi connectivity index (χ0) is 22.1. The zero-order valence-electron chi connectivity index (χ0n) is 17.0. The van der Waals surface area contributed by atoms with Crippen LogP contribution >= 0.6 is 0 Å². The van der Waals surface area contributed by atoms with E-state index >= 15 is 0 Å². The molecule has 5 rings (SSSR count). The van der Waals surface area contributed by atoms with E-state index in [1.54, 1.807) is 39.9 Å². The molecule has 1 atom stereocenters. The first-order valence-corrected chi connectivity index (χ1v) is 10.3. The highest BCUT2D eigenvalue weighted by Crippen LogP contribution is 2.29. The standard InChI is InChI=1S/C22H20F2N6O2/c23-16-6-2-1-4-14(16)12-30-20(18-7-9-32-28-18)10-19(27-30)21-25-11-17(24)22(26-21)29-8-3-5-15(29)13-31/h1-2,4,6-7,9-11,15,31H,3,5,8,12-13H2/t15-/m0/s1. The lowest BCUT2D eigenvalue weighted by Gasteiger charge is -2.24. The highest BCUT2D eigenvalue weighted by molar-refractivity contribution is 5.63. The van der Waals surface area contributed by atoms with Gasteiger partial charge in [0.1, 0.15) is 23.5 Å². The summed E-state index contributed by atoms with van der Waals surface area (Å²) in [4.78, 5) is 10.3. The minimum atomic E-state index is -0.559. The normalized spacial score (nSPS) is 16.1. The third-order valence-electron chi connectivity index (χ3n) is 5.57. The maximum atomic E-state index is 14.5. The van der Waals surface area contributed by atoms with Crippen molar-refractivity contribution in [2.24, 2.45) is 0 Å². The van der Waals surface area contributed by atoms with Crippen LogP contribution in [0, 0.1) is 11.6 Å².